The first-order chi connectivity index (χ1) is 8.03. The quantitative estimate of drug-likeness (QED) is 0.315. The molecular formula is C11H18O6. The predicted molar refractivity (Wildman–Crippen MR) is 61.0 cm³/mol. The number of ether oxygens (including phenoxy) is 1. The minimum absolute atomic E-state index is 0.0465. The lowest BCUT2D eigenvalue weighted by atomic mass is 10.2. The van der Waals surface area contributed by atoms with Gasteiger partial charge in [0.05, 0.1) is 6.61 Å². The average molecular weight is 246 g/mol. The summed E-state index contributed by atoms with van der Waals surface area (Å²) in [7, 11) is 0. The van der Waals surface area contributed by atoms with E-state index in [9.17, 15) is 9.59 Å². The summed E-state index contributed by atoms with van der Waals surface area (Å²) >= 11 is 0. The van der Waals surface area contributed by atoms with Crippen molar-refractivity contribution < 1.29 is 29.6 Å². The van der Waals surface area contributed by atoms with Crippen molar-refractivity contribution in [3.05, 3.63) is 24.8 Å². The highest BCUT2D eigenvalue weighted by Crippen LogP contribution is 2.02. The Kier molecular flexibility index (Phi) is 12.9. The molecule has 17 heavy (non-hydrogen) atoms. The van der Waals surface area contributed by atoms with Crippen LogP contribution >= 0.6 is 0 Å². The van der Waals surface area contributed by atoms with Gasteiger partial charge in [-0.2, -0.15) is 5.26 Å². The lowest BCUT2D eigenvalue weighted by Gasteiger charge is -1.96. The molecule has 0 bridgehead atoms. The minimum atomic E-state index is -0.739. The van der Waals surface area contributed by atoms with Gasteiger partial charge in [-0.25, -0.2) is 9.59 Å². The molecule has 0 rings (SSSR count). The molecule has 2 N–H and O–H groups in total. The maximum Gasteiger partial charge on any atom is 0.368 e. The maximum absolute atomic E-state index is 10.3. The van der Waals surface area contributed by atoms with Crippen molar-refractivity contribution in [2.24, 2.45) is 0 Å². The minimum Gasteiger partial charge on any atom is -0.460 e. The van der Waals surface area contributed by atoms with Crippen LogP contribution in [0.25, 0.3) is 0 Å². The van der Waals surface area contributed by atoms with Gasteiger partial charge in [0.2, 0.25) is 0 Å². The summed E-state index contributed by atoms with van der Waals surface area (Å²) in [4.78, 5) is 23.9. The molecule has 0 aliphatic carbocycles. The Balaban J connectivity index is 0. The molecule has 0 amide bonds. The molecule has 0 aromatic carbocycles. The van der Waals surface area contributed by atoms with Gasteiger partial charge in [-0.3, -0.25) is 4.89 Å². The van der Waals surface area contributed by atoms with Gasteiger partial charge >= 0.3 is 11.9 Å². The second kappa shape index (κ2) is 12.4. The molecule has 0 unspecified atom stereocenters. The Hall–Kier alpha value is -1.66. The Labute approximate surface area is 100 Å². The number of hydrogen-bond acceptors (Lipinski definition) is 6. The monoisotopic (exact) mass is 246 g/mol. The van der Waals surface area contributed by atoms with Crippen molar-refractivity contribution in [3.63, 3.8) is 0 Å². The molecule has 0 radical (unpaired) electrons. The zero-order valence-corrected chi connectivity index (χ0v) is 9.85. The molecule has 0 atom stereocenters. The molecule has 0 saturated carbocycles. The third-order valence-corrected chi connectivity index (χ3v) is 1.43. The van der Waals surface area contributed by atoms with Crippen molar-refractivity contribution in [1.82, 2.24) is 0 Å². The van der Waals surface area contributed by atoms with Gasteiger partial charge in [-0.05, 0) is 6.42 Å². The molecule has 0 aliphatic rings. The predicted octanol–water partition coefficient (Wildman–Crippen LogP) is 1.07. The van der Waals surface area contributed by atoms with Crippen LogP contribution < -0.4 is 0 Å². The van der Waals surface area contributed by atoms with Crippen LogP contribution in [0.15, 0.2) is 24.8 Å². The number of carbonyl (C=O) groups is 2. The van der Waals surface area contributed by atoms with Crippen LogP contribution in [-0.4, -0.2) is 35.5 Å². The first-order valence-corrected chi connectivity index (χ1v) is 4.97. The standard InChI is InChI=1S/C6H10O3.C5H8O3/c1-3-4-5(2)6(7)9-8;1-2-5(7)8-4-3-6/h8H,2-4H2,1H3;2,6H,1,3-4H2. The molecule has 0 aromatic heterocycles. The Bertz CT molecular complexity index is 259. The summed E-state index contributed by atoms with van der Waals surface area (Å²) < 4.78 is 4.33. The Morgan fingerprint density at radius 1 is 1.41 bits per heavy atom. The molecule has 0 aromatic rings. The molecule has 0 heterocycles. The van der Waals surface area contributed by atoms with Crippen LogP contribution in [0.2, 0.25) is 0 Å². The van der Waals surface area contributed by atoms with Gasteiger partial charge in [-0.15, -0.1) is 0 Å². The summed E-state index contributed by atoms with van der Waals surface area (Å²) in [6.45, 7) is 8.36. The van der Waals surface area contributed by atoms with Crippen LogP contribution in [0.1, 0.15) is 19.8 Å². The molecule has 6 heteroatoms. The number of esters is 1. The van der Waals surface area contributed by atoms with Crippen LogP contribution in [0.3, 0.4) is 0 Å². The smallest absolute Gasteiger partial charge is 0.368 e. The normalized spacial score (nSPS) is 8.41. The largest absolute Gasteiger partial charge is 0.460 e. The van der Waals surface area contributed by atoms with E-state index in [-0.39, 0.29) is 13.2 Å². The summed E-state index contributed by atoms with van der Waals surface area (Å²) in [5.74, 6) is -1.24. The number of aliphatic hydroxyl groups is 1. The number of aliphatic hydroxyl groups excluding tert-OH is 1. The zero-order chi connectivity index (χ0) is 13.7. The van der Waals surface area contributed by atoms with E-state index in [0.29, 0.717) is 12.0 Å². The molecule has 98 valence electrons. The molecule has 0 fully saturated rings. The fourth-order valence-corrected chi connectivity index (χ4v) is 0.674. The fourth-order valence-electron chi connectivity index (χ4n) is 0.674. The summed E-state index contributed by atoms with van der Waals surface area (Å²) in [6.07, 6.45) is 2.45. The van der Waals surface area contributed by atoms with Crippen LogP contribution in [0, 0.1) is 0 Å². The molecule has 0 spiro atoms. The van der Waals surface area contributed by atoms with Crippen molar-refractivity contribution >= 4 is 11.9 Å². The molecule has 6 nitrogen and oxygen atoms in total. The third-order valence-electron chi connectivity index (χ3n) is 1.43. The van der Waals surface area contributed by atoms with E-state index in [2.05, 4.69) is 22.8 Å². The van der Waals surface area contributed by atoms with Crippen molar-refractivity contribution in [3.8, 4) is 0 Å². The van der Waals surface area contributed by atoms with Crippen LogP contribution in [-0.2, 0) is 19.2 Å². The zero-order valence-electron chi connectivity index (χ0n) is 9.85. The van der Waals surface area contributed by atoms with Gasteiger partial charge < -0.3 is 9.84 Å². The van der Waals surface area contributed by atoms with Gasteiger partial charge in [0.15, 0.2) is 0 Å². The fraction of sp³-hybridized carbons (Fsp3) is 0.455. The number of carbonyl (C=O) groups excluding carboxylic acids is 2. The Morgan fingerprint density at radius 2 is 2.00 bits per heavy atom. The first-order valence-electron chi connectivity index (χ1n) is 4.97. The Morgan fingerprint density at radius 3 is 2.35 bits per heavy atom. The number of hydrogen-bond donors (Lipinski definition) is 2. The van der Waals surface area contributed by atoms with Crippen LogP contribution in [0.5, 0.6) is 0 Å². The average Bonchev–Trinajstić information content (AvgIpc) is 2.35. The molecule has 0 aliphatic heterocycles. The summed E-state index contributed by atoms with van der Waals surface area (Å²) in [5, 5.41) is 15.9. The highest BCUT2D eigenvalue weighted by molar-refractivity contribution is 5.87. The summed E-state index contributed by atoms with van der Waals surface area (Å²) in [5.41, 5.74) is 0.306. The van der Waals surface area contributed by atoms with Gasteiger partial charge in [-0.1, -0.05) is 26.5 Å². The van der Waals surface area contributed by atoms with E-state index < -0.39 is 11.9 Å². The first kappa shape index (κ1) is 17.7. The topological polar surface area (TPSA) is 93.1 Å². The maximum atomic E-state index is 10.3. The van der Waals surface area contributed by atoms with E-state index in [0.717, 1.165) is 12.5 Å². The molecular weight excluding hydrogens is 228 g/mol. The SMILES string of the molecule is C=C(CCC)C(=O)OO.C=CC(=O)OCCO. The van der Waals surface area contributed by atoms with E-state index >= 15 is 0 Å². The van der Waals surface area contributed by atoms with Crippen molar-refractivity contribution in [2.45, 2.75) is 19.8 Å². The lowest BCUT2D eigenvalue weighted by Crippen LogP contribution is -2.04. The van der Waals surface area contributed by atoms with E-state index in [1.165, 1.54) is 0 Å². The van der Waals surface area contributed by atoms with Crippen molar-refractivity contribution in [1.29, 1.82) is 0 Å². The van der Waals surface area contributed by atoms with Crippen LogP contribution in [0.4, 0.5) is 0 Å². The van der Waals surface area contributed by atoms with E-state index in [1.54, 1.807) is 0 Å². The van der Waals surface area contributed by atoms with E-state index in [4.69, 9.17) is 10.4 Å². The van der Waals surface area contributed by atoms with E-state index in [1.807, 2.05) is 6.92 Å². The van der Waals surface area contributed by atoms with Gasteiger partial charge in [0, 0.05) is 11.6 Å². The summed E-state index contributed by atoms with van der Waals surface area (Å²) in [6, 6.07) is 0. The van der Waals surface area contributed by atoms with Gasteiger partial charge in [0.1, 0.15) is 6.61 Å². The second-order valence-corrected chi connectivity index (χ2v) is 2.83. The number of rotatable bonds is 6. The lowest BCUT2D eigenvalue weighted by molar-refractivity contribution is -0.229. The third kappa shape index (κ3) is 12.3. The second-order valence-electron chi connectivity index (χ2n) is 2.83. The molecule has 0 saturated heterocycles. The van der Waals surface area contributed by atoms with Crippen molar-refractivity contribution in [2.75, 3.05) is 13.2 Å². The highest BCUT2D eigenvalue weighted by atomic mass is 17.1. The highest BCUT2D eigenvalue weighted by Gasteiger charge is 2.05. The van der Waals surface area contributed by atoms with Gasteiger partial charge in [0.25, 0.3) is 0 Å².